The fourth-order valence-corrected chi connectivity index (χ4v) is 3.84. The molecule has 2 aliphatic rings. The summed E-state index contributed by atoms with van der Waals surface area (Å²) in [5, 5.41) is 0. The van der Waals surface area contributed by atoms with Crippen LogP contribution in [0.4, 0.5) is 11.6 Å². The monoisotopic (exact) mass is 370 g/mol. The van der Waals surface area contributed by atoms with Gasteiger partial charge in [0.2, 0.25) is 0 Å². The van der Waals surface area contributed by atoms with E-state index in [-0.39, 0.29) is 5.60 Å². The van der Waals surface area contributed by atoms with Crippen LogP contribution in [0.15, 0.2) is 30.9 Å². The molecule has 1 atom stereocenters. The highest BCUT2D eigenvalue weighted by Crippen LogP contribution is 2.39. The molecule has 8 heteroatoms. The van der Waals surface area contributed by atoms with Gasteiger partial charge in [-0.2, -0.15) is 0 Å². The van der Waals surface area contributed by atoms with Crippen LogP contribution in [0.1, 0.15) is 19.3 Å². The molecule has 0 bridgehead atoms. The van der Waals surface area contributed by atoms with Crippen molar-refractivity contribution in [1.29, 1.82) is 0 Å². The number of nitrogens with zero attached hydrogens (tertiary/aromatic N) is 6. The summed E-state index contributed by atoms with van der Waals surface area (Å²) in [5.74, 6) is 2.49. The Morgan fingerprint density at radius 1 is 1.22 bits per heavy atom. The van der Waals surface area contributed by atoms with Crippen LogP contribution in [0.5, 0.6) is 6.01 Å². The molecule has 0 aliphatic carbocycles. The van der Waals surface area contributed by atoms with E-state index in [1.807, 2.05) is 25.1 Å². The Kier molecular flexibility index (Phi) is 5.07. The van der Waals surface area contributed by atoms with Crippen LogP contribution in [0.25, 0.3) is 0 Å². The second kappa shape index (κ2) is 7.64. The Bertz CT molecular complexity index is 751. The summed E-state index contributed by atoms with van der Waals surface area (Å²) in [6.45, 7) is 3.23. The average molecular weight is 370 g/mol. The quantitative estimate of drug-likeness (QED) is 0.762. The maximum atomic E-state index is 6.16. The molecule has 2 saturated heterocycles. The van der Waals surface area contributed by atoms with Crippen LogP contribution in [0.3, 0.4) is 0 Å². The lowest BCUT2D eigenvalue weighted by Crippen LogP contribution is -2.65. The van der Waals surface area contributed by atoms with Gasteiger partial charge in [0.15, 0.2) is 0 Å². The van der Waals surface area contributed by atoms with Crippen LogP contribution in [-0.4, -0.2) is 65.9 Å². The Labute approximate surface area is 159 Å². The molecule has 8 nitrogen and oxygen atoms in total. The van der Waals surface area contributed by atoms with Crippen molar-refractivity contribution in [1.82, 2.24) is 19.9 Å². The Balaban J connectivity index is 1.28. The first-order valence-corrected chi connectivity index (χ1v) is 9.42. The minimum absolute atomic E-state index is 0.0462. The number of rotatable bonds is 6. The molecule has 2 aliphatic heterocycles. The fraction of sp³-hybridized carbons (Fsp3) is 0.579. The van der Waals surface area contributed by atoms with Crippen LogP contribution < -0.4 is 14.5 Å². The zero-order valence-corrected chi connectivity index (χ0v) is 15.9. The van der Waals surface area contributed by atoms with Gasteiger partial charge >= 0.3 is 6.01 Å². The van der Waals surface area contributed by atoms with Crippen LogP contribution in [0.2, 0.25) is 0 Å². The second-order valence-electron chi connectivity index (χ2n) is 7.54. The third-order valence-corrected chi connectivity index (χ3v) is 5.27. The molecule has 0 amide bonds. The van der Waals surface area contributed by atoms with E-state index in [2.05, 4.69) is 24.8 Å². The van der Waals surface area contributed by atoms with E-state index in [1.54, 1.807) is 24.8 Å². The van der Waals surface area contributed by atoms with Crippen molar-refractivity contribution < 1.29 is 9.47 Å². The van der Waals surface area contributed by atoms with E-state index in [0.29, 0.717) is 18.5 Å². The molecule has 0 N–H and O–H groups in total. The second-order valence-corrected chi connectivity index (χ2v) is 7.54. The minimum Gasteiger partial charge on any atom is -0.463 e. The van der Waals surface area contributed by atoms with Gasteiger partial charge in [0.1, 0.15) is 23.6 Å². The van der Waals surface area contributed by atoms with E-state index >= 15 is 0 Å². The summed E-state index contributed by atoms with van der Waals surface area (Å²) >= 11 is 0. The van der Waals surface area contributed by atoms with Crippen molar-refractivity contribution >= 4 is 11.6 Å². The third-order valence-electron chi connectivity index (χ3n) is 5.27. The summed E-state index contributed by atoms with van der Waals surface area (Å²) in [7, 11) is 3.97. The van der Waals surface area contributed by atoms with Crippen molar-refractivity contribution in [3.8, 4) is 6.01 Å². The van der Waals surface area contributed by atoms with Crippen molar-refractivity contribution in [3.05, 3.63) is 30.9 Å². The number of hydrogen-bond donors (Lipinski definition) is 0. The molecular formula is C19H26N6O2. The average Bonchev–Trinajstić information content (AvgIpc) is 2.67. The molecule has 0 aromatic carbocycles. The largest absolute Gasteiger partial charge is 0.463 e. The van der Waals surface area contributed by atoms with Crippen LogP contribution in [-0.2, 0) is 4.74 Å². The van der Waals surface area contributed by atoms with Crippen molar-refractivity contribution in [3.63, 3.8) is 0 Å². The van der Waals surface area contributed by atoms with Gasteiger partial charge in [-0.1, -0.05) is 0 Å². The SMILES string of the molecule is CN(C)c1cc(N2CC3(CC(CCOc4ncccn4)CCO3)C2)ncn1. The lowest BCUT2D eigenvalue weighted by atomic mass is 9.79. The summed E-state index contributed by atoms with van der Waals surface area (Å²) in [6.07, 6.45) is 8.17. The molecular weight excluding hydrogens is 344 g/mol. The van der Waals surface area contributed by atoms with E-state index < -0.39 is 0 Å². The van der Waals surface area contributed by atoms with Gasteiger partial charge in [-0.05, 0) is 31.2 Å². The molecule has 27 heavy (non-hydrogen) atoms. The zero-order valence-electron chi connectivity index (χ0n) is 15.9. The first kappa shape index (κ1) is 17.9. The molecule has 4 rings (SSSR count). The summed E-state index contributed by atoms with van der Waals surface area (Å²) in [6, 6.07) is 4.27. The predicted octanol–water partition coefficient (Wildman–Crippen LogP) is 1.79. The fourth-order valence-electron chi connectivity index (χ4n) is 3.84. The summed E-state index contributed by atoms with van der Waals surface area (Å²) < 4.78 is 11.8. The lowest BCUT2D eigenvalue weighted by Gasteiger charge is -2.53. The highest BCUT2D eigenvalue weighted by Gasteiger charge is 2.48. The highest BCUT2D eigenvalue weighted by atomic mass is 16.5. The number of hydrogen-bond acceptors (Lipinski definition) is 8. The smallest absolute Gasteiger partial charge is 0.316 e. The molecule has 2 aromatic heterocycles. The predicted molar refractivity (Wildman–Crippen MR) is 102 cm³/mol. The third kappa shape index (κ3) is 4.10. The zero-order chi connectivity index (χ0) is 18.7. The summed E-state index contributed by atoms with van der Waals surface area (Å²) in [5.41, 5.74) is -0.0462. The maximum Gasteiger partial charge on any atom is 0.316 e. The number of ether oxygens (including phenoxy) is 2. The number of anilines is 2. The first-order valence-electron chi connectivity index (χ1n) is 9.42. The first-order chi connectivity index (χ1) is 13.1. The van der Waals surface area contributed by atoms with Gasteiger partial charge in [0, 0.05) is 39.2 Å². The van der Waals surface area contributed by atoms with Gasteiger partial charge < -0.3 is 19.3 Å². The Hall–Kier alpha value is -2.48. The molecule has 4 heterocycles. The van der Waals surface area contributed by atoms with Gasteiger partial charge in [-0.25, -0.2) is 19.9 Å². The highest BCUT2D eigenvalue weighted by molar-refractivity contribution is 5.52. The molecule has 2 aromatic rings. The van der Waals surface area contributed by atoms with Crippen molar-refractivity contribution in [2.24, 2.45) is 5.92 Å². The lowest BCUT2D eigenvalue weighted by molar-refractivity contribution is -0.115. The maximum absolute atomic E-state index is 6.16. The van der Waals surface area contributed by atoms with Crippen LogP contribution in [0, 0.1) is 5.92 Å². The van der Waals surface area contributed by atoms with Crippen molar-refractivity contribution in [2.75, 3.05) is 50.2 Å². The summed E-state index contributed by atoms with van der Waals surface area (Å²) in [4.78, 5) is 21.2. The normalized spacial score (nSPS) is 21.0. The molecule has 144 valence electrons. The van der Waals surface area contributed by atoms with Gasteiger partial charge in [-0.15, -0.1) is 0 Å². The molecule has 0 radical (unpaired) electrons. The van der Waals surface area contributed by atoms with E-state index in [1.165, 1.54) is 0 Å². The van der Waals surface area contributed by atoms with Gasteiger partial charge in [0.25, 0.3) is 0 Å². The molecule has 2 fully saturated rings. The Morgan fingerprint density at radius 3 is 2.81 bits per heavy atom. The van der Waals surface area contributed by atoms with Gasteiger partial charge in [0.05, 0.1) is 19.7 Å². The Morgan fingerprint density at radius 2 is 2.04 bits per heavy atom. The van der Waals surface area contributed by atoms with Gasteiger partial charge in [-0.3, -0.25) is 0 Å². The number of aromatic nitrogens is 4. The van der Waals surface area contributed by atoms with Crippen molar-refractivity contribution in [2.45, 2.75) is 24.9 Å². The molecule has 1 spiro atoms. The van der Waals surface area contributed by atoms with E-state index in [4.69, 9.17) is 9.47 Å². The topological polar surface area (TPSA) is 76.5 Å². The van der Waals surface area contributed by atoms with E-state index in [0.717, 1.165) is 50.6 Å². The minimum atomic E-state index is -0.0462. The molecule has 1 unspecified atom stereocenters. The van der Waals surface area contributed by atoms with Crippen LogP contribution >= 0.6 is 0 Å². The van der Waals surface area contributed by atoms with E-state index in [9.17, 15) is 0 Å². The standard InChI is InChI=1S/C19H26N6O2/c1-24(2)16-10-17(23-14-22-16)25-12-19(13-25)11-15(5-9-27-19)4-8-26-18-20-6-3-7-21-18/h3,6-7,10,14-15H,4-5,8-9,11-13H2,1-2H3. The molecule has 0 saturated carbocycles.